The second kappa shape index (κ2) is 8.66. The summed E-state index contributed by atoms with van der Waals surface area (Å²) in [4.78, 5) is 25.2. The summed E-state index contributed by atoms with van der Waals surface area (Å²) in [7, 11) is 1.65. The summed E-state index contributed by atoms with van der Waals surface area (Å²) in [5.74, 6) is -0.344. The van der Waals surface area contributed by atoms with Gasteiger partial charge in [-0.3, -0.25) is 19.4 Å². The summed E-state index contributed by atoms with van der Waals surface area (Å²) in [6, 6.07) is 10.0. The SMILES string of the molecule is Cn1cc(NC(=O)c2cc(-c3ccc(Cl)cc3Cl)n[nH]2)c(C(=O)NCc2ccco2)n1. The van der Waals surface area contributed by atoms with Gasteiger partial charge in [0.25, 0.3) is 11.8 Å². The Morgan fingerprint density at radius 3 is 2.77 bits per heavy atom. The Morgan fingerprint density at radius 2 is 2.03 bits per heavy atom. The molecular weight excluding hydrogens is 443 g/mol. The second-order valence-corrected chi connectivity index (χ2v) is 7.42. The number of anilines is 1. The predicted molar refractivity (Wildman–Crippen MR) is 115 cm³/mol. The molecule has 0 bridgehead atoms. The third-order valence-corrected chi connectivity index (χ3v) is 4.87. The largest absolute Gasteiger partial charge is 0.467 e. The van der Waals surface area contributed by atoms with Crippen molar-refractivity contribution in [3.8, 4) is 11.3 Å². The fraction of sp³-hybridized carbons (Fsp3) is 0.100. The first-order valence-electron chi connectivity index (χ1n) is 9.07. The van der Waals surface area contributed by atoms with E-state index in [0.717, 1.165) is 0 Å². The van der Waals surface area contributed by atoms with E-state index in [-0.39, 0.29) is 23.6 Å². The molecule has 4 rings (SSSR count). The summed E-state index contributed by atoms with van der Waals surface area (Å²) in [6.45, 7) is 0.196. The molecule has 9 nitrogen and oxygen atoms in total. The van der Waals surface area contributed by atoms with Crippen molar-refractivity contribution in [3.05, 3.63) is 76.1 Å². The molecule has 0 radical (unpaired) electrons. The van der Waals surface area contributed by atoms with Crippen molar-refractivity contribution in [3.63, 3.8) is 0 Å². The predicted octanol–water partition coefficient (Wildman–Crippen LogP) is 3.89. The minimum absolute atomic E-state index is 0.0721. The summed E-state index contributed by atoms with van der Waals surface area (Å²) in [5, 5.41) is 17.2. The Kier molecular flexibility index (Phi) is 5.79. The number of nitrogens with one attached hydrogen (secondary N) is 3. The highest BCUT2D eigenvalue weighted by atomic mass is 35.5. The molecule has 0 saturated heterocycles. The van der Waals surface area contributed by atoms with Gasteiger partial charge < -0.3 is 15.1 Å². The van der Waals surface area contributed by atoms with Gasteiger partial charge in [0.05, 0.1) is 29.2 Å². The fourth-order valence-electron chi connectivity index (χ4n) is 2.87. The molecule has 0 aliphatic heterocycles. The van der Waals surface area contributed by atoms with Crippen LogP contribution in [0.15, 0.2) is 53.3 Å². The van der Waals surface area contributed by atoms with Gasteiger partial charge in [-0.25, -0.2) is 0 Å². The van der Waals surface area contributed by atoms with Crippen molar-refractivity contribution < 1.29 is 14.0 Å². The first-order valence-corrected chi connectivity index (χ1v) is 9.82. The lowest BCUT2D eigenvalue weighted by atomic mass is 10.1. The minimum Gasteiger partial charge on any atom is -0.467 e. The number of aromatic nitrogens is 4. The van der Waals surface area contributed by atoms with E-state index in [9.17, 15) is 9.59 Å². The van der Waals surface area contributed by atoms with Crippen molar-refractivity contribution in [2.45, 2.75) is 6.54 Å². The molecule has 0 unspecified atom stereocenters. The molecule has 0 saturated carbocycles. The van der Waals surface area contributed by atoms with Gasteiger partial charge in [-0.05, 0) is 36.4 Å². The van der Waals surface area contributed by atoms with Crippen LogP contribution in [0.5, 0.6) is 0 Å². The number of aromatic amines is 1. The highest BCUT2D eigenvalue weighted by molar-refractivity contribution is 6.36. The Bertz CT molecular complexity index is 1250. The average Bonchev–Trinajstić information content (AvgIpc) is 3.47. The maximum atomic E-state index is 12.7. The van der Waals surface area contributed by atoms with Crippen LogP contribution in [0.3, 0.4) is 0 Å². The van der Waals surface area contributed by atoms with Crippen LogP contribution in [0.25, 0.3) is 11.3 Å². The van der Waals surface area contributed by atoms with Gasteiger partial charge in [0.1, 0.15) is 11.5 Å². The number of H-pyrrole nitrogens is 1. The van der Waals surface area contributed by atoms with Crippen LogP contribution in [-0.4, -0.2) is 31.8 Å². The van der Waals surface area contributed by atoms with E-state index in [2.05, 4.69) is 25.9 Å². The molecular formula is C20H16Cl2N6O3. The van der Waals surface area contributed by atoms with Crippen molar-refractivity contribution >= 4 is 40.7 Å². The zero-order chi connectivity index (χ0) is 22.0. The zero-order valence-corrected chi connectivity index (χ0v) is 17.7. The van der Waals surface area contributed by atoms with E-state index in [1.165, 1.54) is 17.1 Å². The Balaban J connectivity index is 1.49. The number of halogens is 2. The molecule has 0 aliphatic carbocycles. The lowest BCUT2D eigenvalue weighted by Crippen LogP contribution is -2.25. The number of amides is 2. The average molecular weight is 459 g/mol. The van der Waals surface area contributed by atoms with Crippen molar-refractivity contribution in [2.24, 2.45) is 7.05 Å². The number of carbonyl (C=O) groups is 2. The van der Waals surface area contributed by atoms with E-state index in [0.29, 0.717) is 27.1 Å². The van der Waals surface area contributed by atoms with E-state index < -0.39 is 11.8 Å². The summed E-state index contributed by atoms with van der Waals surface area (Å²) >= 11 is 12.1. The molecule has 4 aromatic rings. The van der Waals surface area contributed by atoms with Gasteiger partial charge in [0.15, 0.2) is 5.69 Å². The third kappa shape index (κ3) is 4.62. The molecule has 0 fully saturated rings. The van der Waals surface area contributed by atoms with Crippen molar-refractivity contribution in [1.29, 1.82) is 0 Å². The quantitative estimate of drug-likeness (QED) is 0.404. The molecule has 0 aliphatic rings. The molecule has 11 heteroatoms. The second-order valence-electron chi connectivity index (χ2n) is 6.57. The highest BCUT2D eigenvalue weighted by Crippen LogP contribution is 2.29. The molecule has 0 atom stereocenters. The maximum absolute atomic E-state index is 12.7. The number of hydrogen-bond acceptors (Lipinski definition) is 5. The Morgan fingerprint density at radius 1 is 1.19 bits per heavy atom. The van der Waals surface area contributed by atoms with Crippen LogP contribution < -0.4 is 10.6 Å². The van der Waals surface area contributed by atoms with Gasteiger partial charge in [-0.1, -0.05) is 23.2 Å². The van der Waals surface area contributed by atoms with Gasteiger partial charge in [0.2, 0.25) is 0 Å². The highest BCUT2D eigenvalue weighted by Gasteiger charge is 2.20. The van der Waals surface area contributed by atoms with Gasteiger partial charge in [-0.2, -0.15) is 10.2 Å². The third-order valence-electron chi connectivity index (χ3n) is 4.32. The van der Waals surface area contributed by atoms with Gasteiger partial charge >= 0.3 is 0 Å². The van der Waals surface area contributed by atoms with Crippen LogP contribution in [0, 0.1) is 0 Å². The smallest absolute Gasteiger partial charge is 0.274 e. The molecule has 3 aromatic heterocycles. The number of carbonyl (C=O) groups excluding carboxylic acids is 2. The number of rotatable bonds is 6. The van der Waals surface area contributed by atoms with E-state index in [4.69, 9.17) is 27.6 Å². The molecule has 1 aromatic carbocycles. The Labute approximate surface area is 186 Å². The van der Waals surface area contributed by atoms with Crippen LogP contribution in [0.4, 0.5) is 5.69 Å². The normalized spacial score (nSPS) is 10.8. The first kappa shape index (κ1) is 20.7. The summed E-state index contributed by atoms with van der Waals surface area (Å²) in [6.07, 6.45) is 3.05. The van der Waals surface area contributed by atoms with E-state index >= 15 is 0 Å². The number of nitrogens with zero attached hydrogens (tertiary/aromatic N) is 3. The monoisotopic (exact) mass is 458 g/mol. The zero-order valence-electron chi connectivity index (χ0n) is 16.1. The molecule has 0 spiro atoms. The Hall–Kier alpha value is -3.56. The first-order chi connectivity index (χ1) is 14.9. The number of hydrogen-bond donors (Lipinski definition) is 3. The molecule has 3 N–H and O–H groups in total. The lowest BCUT2D eigenvalue weighted by Gasteiger charge is -2.05. The van der Waals surface area contributed by atoms with Crippen LogP contribution in [0.1, 0.15) is 26.7 Å². The molecule has 3 heterocycles. The van der Waals surface area contributed by atoms with Crippen molar-refractivity contribution in [1.82, 2.24) is 25.3 Å². The maximum Gasteiger partial charge on any atom is 0.274 e. The van der Waals surface area contributed by atoms with Gasteiger partial charge in [0, 0.05) is 23.8 Å². The number of furan rings is 1. The minimum atomic E-state index is -0.489. The van der Waals surface area contributed by atoms with Crippen LogP contribution in [0.2, 0.25) is 10.0 Å². The topological polar surface area (TPSA) is 118 Å². The molecule has 2 amide bonds. The van der Waals surface area contributed by atoms with E-state index in [1.807, 2.05) is 0 Å². The summed E-state index contributed by atoms with van der Waals surface area (Å²) < 4.78 is 6.63. The van der Waals surface area contributed by atoms with Crippen molar-refractivity contribution in [2.75, 3.05) is 5.32 Å². The van der Waals surface area contributed by atoms with Crippen LogP contribution in [-0.2, 0) is 13.6 Å². The summed E-state index contributed by atoms with van der Waals surface area (Å²) in [5.41, 5.74) is 1.62. The molecule has 31 heavy (non-hydrogen) atoms. The van der Waals surface area contributed by atoms with Gasteiger partial charge in [-0.15, -0.1) is 0 Å². The van der Waals surface area contributed by atoms with Crippen LogP contribution >= 0.6 is 23.2 Å². The molecule has 158 valence electrons. The lowest BCUT2D eigenvalue weighted by molar-refractivity contribution is 0.0943. The standard InChI is InChI=1S/C20H16Cl2N6O3/c1-28-10-17(18(27-28)20(30)23-9-12-3-2-6-31-12)24-19(29)16-8-15(25-26-16)13-5-4-11(21)7-14(13)22/h2-8,10H,9H2,1H3,(H,23,30)(H,24,29)(H,25,26). The fourth-order valence-corrected chi connectivity index (χ4v) is 3.38. The van der Waals surface area contributed by atoms with E-state index in [1.54, 1.807) is 43.4 Å². The number of benzene rings is 1. The number of aryl methyl sites for hydroxylation is 1.